The third-order valence-corrected chi connectivity index (χ3v) is 5.29. The van der Waals surface area contributed by atoms with Gasteiger partial charge in [-0.05, 0) is 44.1 Å². The van der Waals surface area contributed by atoms with Crippen LogP contribution in [0.4, 0.5) is 0 Å². The minimum Gasteiger partial charge on any atom is -0.396 e. The van der Waals surface area contributed by atoms with Crippen LogP contribution in [0.2, 0.25) is 0 Å². The molecule has 2 nitrogen and oxygen atoms in total. The largest absolute Gasteiger partial charge is 0.396 e. The molecule has 0 amide bonds. The van der Waals surface area contributed by atoms with Crippen LogP contribution in [0.15, 0.2) is 0 Å². The second kappa shape index (κ2) is 3.21. The molecule has 3 fully saturated rings. The standard InChI is InChI=1S/C12H23NO/c1-8-5-11-10(7-14)6-12(8,3)9(2)13(11)4/h8-11,14H,5-7H2,1-4H3. The van der Waals surface area contributed by atoms with E-state index in [0.29, 0.717) is 30.0 Å². The summed E-state index contributed by atoms with van der Waals surface area (Å²) in [6.07, 6.45) is 2.48. The van der Waals surface area contributed by atoms with Crippen LogP contribution in [0.25, 0.3) is 0 Å². The molecule has 0 aromatic rings. The van der Waals surface area contributed by atoms with Crippen molar-refractivity contribution >= 4 is 0 Å². The fourth-order valence-corrected chi connectivity index (χ4v) is 3.75. The molecule has 2 aliphatic heterocycles. The number of aliphatic hydroxyl groups is 1. The van der Waals surface area contributed by atoms with Gasteiger partial charge in [0.05, 0.1) is 0 Å². The van der Waals surface area contributed by atoms with Crippen LogP contribution in [0, 0.1) is 17.3 Å². The molecule has 5 unspecified atom stereocenters. The third-order valence-electron chi connectivity index (χ3n) is 5.29. The Morgan fingerprint density at radius 1 is 1.43 bits per heavy atom. The molecule has 0 spiro atoms. The predicted molar refractivity (Wildman–Crippen MR) is 58.1 cm³/mol. The molecule has 2 heterocycles. The van der Waals surface area contributed by atoms with Gasteiger partial charge in [-0.2, -0.15) is 0 Å². The number of aliphatic hydroxyl groups excluding tert-OH is 1. The first-order valence-electron chi connectivity index (χ1n) is 5.83. The van der Waals surface area contributed by atoms with Crippen molar-refractivity contribution < 1.29 is 5.11 Å². The van der Waals surface area contributed by atoms with E-state index in [1.807, 2.05) is 0 Å². The first-order valence-corrected chi connectivity index (χ1v) is 5.83. The van der Waals surface area contributed by atoms with E-state index in [4.69, 9.17) is 0 Å². The molecule has 82 valence electrons. The maximum absolute atomic E-state index is 9.39. The lowest BCUT2D eigenvalue weighted by atomic mass is 9.55. The predicted octanol–water partition coefficient (Wildman–Crippen LogP) is 1.73. The Hall–Kier alpha value is -0.0800. The van der Waals surface area contributed by atoms with Crippen molar-refractivity contribution in [3.8, 4) is 0 Å². The number of hydrogen-bond donors (Lipinski definition) is 1. The highest BCUT2D eigenvalue weighted by molar-refractivity contribution is 5.06. The minimum absolute atomic E-state index is 0.365. The van der Waals surface area contributed by atoms with Crippen molar-refractivity contribution in [2.45, 2.75) is 45.7 Å². The molecular weight excluding hydrogens is 174 g/mol. The molecule has 1 N–H and O–H groups in total. The van der Waals surface area contributed by atoms with E-state index < -0.39 is 0 Å². The zero-order chi connectivity index (χ0) is 10.5. The van der Waals surface area contributed by atoms with E-state index >= 15 is 0 Å². The monoisotopic (exact) mass is 197 g/mol. The maximum atomic E-state index is 9.39. The molecule has 14 heavy (non-hydrogen) atoms. The summed E-state index contributed by atoms with van der Waals surface area (Å²) in [6.45, 7) is 7.49. The Morgan fingerprint density at radius 2 is 2.07 bits per heavy atom. The molecule has 3 aliphatic rings. The molecule has 2 saturated heterocycles. The minimum atomic E-state index is 0.365. The van der Waals surface area contributed by atoms with Crippen molar-refractivity contribution in [3.05, 3.63) is 0 Å². The van der Waals surface area contributed by atoms with Crippen LogP contribution in [0.1, 0.15) is 33.6 Å². The second-order valence-electron chi connectivity index (χ2n) is 5.70. The van der Waals surface area contributed by atoms with Crippen molar-refractivity contribution in [3.63, 3.8) is 0 Å². The van der Waals surface area contributed by atoms with E-state index in [9.17, 15) is 5.11 Å². The van der Waals surface area contributed by atoms with Crippen molar-refractivity contribution in [2.24, 2.45) is 17.3 Å². The summed E-state index contributed by atoms with van der Waals surface area (Å²) in [6, 6.07) is 1.28. The highest BCUT2D eigenvalue weighted by Crippen LogP contribution is 2.53. The molecule has 0 aromatic carbocycles. The van der Waals surface area contributed by atoms with Gasteiger partial charge < -0.3 is 5.11 Å². The van der Waals surface area contributed by atoms with Crippen molar-refractivity contribution in [1.82, 2.24) is 4.90 Å². The van der Waals surface area contributed by atoms with Gasteiger partial charge in [0.15, 0.2) is 0 Å². The summed E-state index contributed by atoms with van der Waals surface area (Å²) in [4.78, 5) is 2.49. The Kier molecular flexibility index (Phi) is 2.39. The topological polar surface area (TPSA) is 23.5 Å². The smallest absolute Gasteiger partial charge is 0.0474 e. The molecule has 3 rings (SSSR count). The molecule has 1 aliphatic carbocycles. The lowest BCUT2D eigenvalue weighted by Gasteiger charge is -2.61. The summed E-state index contributed by atoms with van der Waals surface area (Å²) < 4.78 is 0. The van der Waals surface area contributed by atoms with Crippen molar-refractivity contribution in [2.75, 3.05) is 13.7 Å². The maximum Gasteiger partial charge on any atom is 0.0474 e. The Morgan fingerprint density at radius 3 is 2.64 bits per heavy atom. The van der Waals surface area contributed by atoms with E-state index in [2.05, 4.69) is 32.7 Å². The van der Waals surface area contributed by atoms with E-state index in [1.54, 1.807) is 0 Å². The van der Waals surface area contributed by atoms with Crippen LogP contribution in [0.3, 0.4) is 0 Å². The summed E-state index contributed by atoms with van der Waals surface area (Å²) in [7, 11) is 2.22. The highest BCUT2D eigenvalue weighted by Gasteiger charge is 2.53. The second-order valence-corrected chi connectivity index (χ2v) is 5.70. The zero-order valence-corrected chi connectivity index (χ0v) is 9.83. The quantitative estimate of drug-likeness (QED) is 0.692. The Labute approximate surface area is 87.3 Å². The molecular formula is C12H23NO. The summed E-state index contributed by atoms with van der Waals surface area (Å²) >= 11 is 0. The summed E-state index contributed by atoms with van der Waals surface area (Å²) in [5.41, 5.74) is 0.414. The first-order chi connectivity index (χ1) is 6.50. The van der Waals surface area contributed by atoms with Crippen molar-refractivity contribution in [1.29, 1.82) is 0 Å². The summed E-state index contributed by atoms with van der Waals surface area (Å²) in [5.74, 6) is 1.32. The molecule has 5 atom stereocenters. The van der Waals surface area contributed by atoms with Gasteiger partial charge >= 0.3 is 0 Å². The van der Waals surface area contributed by atoms with Gasteiger partial charge in [0, 0.05) is 18.7 Å². The van der Waals surface area contributed by atoms with Gasteiger partial charge in [0.2, 0.25) is 0 Å². The molecule has 2 heteroatoms. The molecule has 2 bridgehead atoms. The average Bonchev–Trinajstić information content (AvgIpc) is 2.17. The van der Waals surface area contributed by atoms with Gasteiger partial charge in [-0.1, -0.05) is 13.8 Å². The molecule has 1 saturated carbocycles. The van der Waals surface area contributed by atoms with Gasteiger partial charge in [0.1, 0.15) is 0 Å². The lowest BCUT2D eigenvalue weighted by Crippen LogP contribution is -2.64. The Balaban J connectivity index is 2.29. The summed E-state index contributed by atoms with van der Waals surface area (Å²) in [5, 5.41) is 9.39. The number of nitrogens with zero attached hydrogens (tertiary/aromatic N) is 1. The highest BCUT2D eigenvalue weighted by atomic mass is 16.3. The van der Waals surface area contributed by atoms with E-state index in [-0.39, 0.29) is 0 Å². The fourth-order valence-electron chi connectivity index (χ4n) is 3.75. The number of piperidine rings is 2. The molecule has 0 aromatic heterocycles. The lowest BCUT2D eigenvalue weighted by molar-refractivity contribution is -0.127. The van der Waals surface area contributed by atoms with Gasteiger partial charge in [-0.3, -0.25) is 4.90 Å². The van der Waals surface area contributed by atoms with E-state index in [0.717, 1.165) is 5.92 Å². The van der Waals surface area contributed by atoms with Crippen LogP contribution in [0.5, 0.6) is 0 Å². The normalized spacial score (nSPS) is 53.8. The van der Waals surface area contributed by atoms with Gasteiger partial charge in [-0.25, -0.2) is 0 Å². The fraction of sp³-hybridized carbons (Fsp3) is 1.00. The van der Waals surface area contributed by atoms with Crippen LogP contribution in [-0.2, 0) is 0 Å². The first kappa shape index (κ1) is 10.4. The average molecular weight is 197 g/mol. The van der Waals surface area contributed by atoms with Gasteiger partial charge in [0.25, 0.3) is 0 Å². The van der Waals surface area contributed by atoms with Gasteiger partial charge in [-0.15, -0.1) is 0 Å². The Bertz CT molecular complexity index is 228. The SMILES string of the molecule is CC1CC2C(CO)CC1(C)C(C)N2C. The number of fused-ring (bicyclic) bond motifs is 3. The van der Waals surface area contributed by atoms with Crippen LogP contribution >= 0.6 is 0 Å². The third kappa shape index (κ3) is 1.17. The molecule has 0 radical (unpaired) electrons. The number of hydrogen-bond acceptors (Lipinski definition) is 2. The van der Waals surface area contributed by atoms with Crippen LogP contribution < -0.4 is 0 Å². The zero-order valence-electron chi connectivity index (χ0n) is 9.83. The van der Waals surface area contributed by atoms with E-state index in [1.165, 1.54) is 12.8 Å². The number of rotatable bonds is 1. The van der Waals surface area contributed by atoms with Crippen LogP contribution in [-0.4, -0.2) is 35.7 Å².